The van der Waals surface area contributed by atoms with Gasteiger partial charge in [-0.15, -0.1) is 0 Å². The highest BCUT2D eigenvalue weighted by atomic mass is 16.5. The molecule has 1 aromatic carbocycles. The Morgan fingerprint density at radius 3 is 2.74 bits per heavy atom. The topological polar surface area (TPSA) is 38.3 Å². The number of methoxy groups -OCH3 is 1. The summed E-state index contributed by atoms with van der Waals surface area (Å²) in [6.45, 7) is 6.49. The average molecular weight is 261 g/mol. The minimum absolute atomic E-state index is 0.0248. The number of hydrogen-bond acceptors (Lipinski definition) is 2. The molecule has 3 nitrogen and oxygen atoms in total. The van der Waals surface area contributed by atoms with Crippen LogP contribution in [-0.4, -0.2) is 19.1 Å². The molecule has 0 aromatic heterocycles. The molecule has 1 N–H and O–H groups in total. The molecule has 1 aliphatic rings. The zero-order chi connectivity index (χ0) is 14.0. The first-order valence-electron chi connectivity index (χ1n) is 6.87. The molecular formula is C16H23NO2. The van der Waals surface area contributed by atoms with E-state index >= 15 is 0 Å². The lowest BCUT2D eigenvalue weighted by Crippen LogP contribution is -2.33. The third-order valence-corrected chi connectivity index (χ3v) is 3.90. The number of benzene rings is 1. The molecule has 1 aliphatic carbocycles. The fourth-order valence-corrected chi connectivity index (χ4v) is 2.82. The van der Waals surface area contributed by atoms with Crippen molar-refractivity contribution in [2.75, 3.05) is 7.11 Å². The van der Waals surface area contributed by atoms with Crippen LogP contribution in [0.4, 0.5) is 0 Å². The first-order chi connectivity index (χ1) is 8.91. The third-order valence-electron chi connectivity index (χ3n) is 3.90. The summed E-state index contributed by atoms with van der Waals surface area (Å²) in [6.07, 6.45) is 3.28. The van der Waals surface area contributed by atoms with Crippen molar-refractivity contribution in [1.29, 1.82) is 0 Å². The second kappa shape index (κ2) is 5.24. The van der Waals surface area contributed by atoms with E-state index in [-0.39, 0.29) is 11.9 Å². The second-order valence-electron chi connectivity index (χ2n) is 6.28. The van der Waals surface area contributed by atoms with Gasteiger partial charge in [0.15, 0.2) is 0 Å². The van der Waals surface area contributed by atoms with Crippen molar-refractivity contribution in [3.05, 3.63) is 29.3 Å². The molecular weight excluding hydrogens is 238 g/mol. The van der Waals surface area contributed by atoms with Gasteiger partial charge in [-0.25, -0.2) is 0 Å². The zero-order valence-corrected chi connectivity index (χ0v) is 12.2. The molecule has 0 aliphatic heterocycles. The van der Waals surface area contributed by atoms with Crippen LogP contribution in [0.5, 0.6) is 5.75 Å². The van der Waals surface area contributed by atoms with Gasteiger partial charge in [0.2, 0.25) is 0 Å². The van der Waals surface area contributed by atoms with E-state index in [9.17, 15) is 4.79 Å². The molecule has 0 radical (unpaired) electrons. The molecule has 0 saturated heterocycles. The molecule has 0 spiro atoms. The summed E-state index contributed by atoms with van der Waals surface area (Å²) in [5.74, 6) is 0.614. The van der Waals surface area contributed by atoms with Crippen LogP contribution in [0, 0.1) is 12.3 Å². The van der Waals surface area contributed by atoms with Gasteiger partial charge >= 0.3 is 0 Å². The number of ether oxygens (including phenoxy) is 1. The first-order valence-corrected chi connectivity index (χ1v) is 6.87. The summed E-state index contributed by atoms with van der Waals surface area (Å²) in [4.78, 5) is 12.4. The number of rotatable bonds is 3. The Balaban J connectivity index is 2.10. The molecule has 1 unspecified atom stereocenters. The van der Waals surface area contributed by atoms with Crippen molar-refractivity contribution < 1.29 is 9.53 Å². The van der Waals surface area contributed by atoms with Gasteiger partial charge in [-0.3, -0.25) is 4.79 Å². The van der Waals surface area contributed by atoms with Crippen LogP contribution < -0.4 is 10.1 Å². The van der Waals surface area contributed by atoms with Crippen molar-refractivity contribution in [3.8, 4) is 5.75 Å². The van der Waals surface area contributed by atoms with E-state index in [0.29, 0.717) is 16.7 Å². The summed E-state index contributed by atoms with van der Waals surface area (Å²) in [7, 11) is 1.60. The van der Waals surface area contributed by atoms with Gasteiger partial charge in [-0.2, -0.15) is 0 Å². The molecule has 1 amide bonds. The summed E-state index contributed by atoms with van der Waals surface area (Å²) in [6, 6.07) is 5.97. The highest BCUT2D eigenvalue weighted by molar-refractivity contribution is 5.97. The maximum atomic E-state index is 12.4. The van der Waals surface area contributed by atoms with Gasteiger partial charge in [0, 0.05) is 6.04 Å². The predicted molar refractivity (Wildman–Crippen MR) is 76.6 cm³/mol. The monoisotopic (exact) mass is 261 g/mol. The number of carbonyl (C=O) groups excluding carboxylic acids is 1. The molecule has 19 heavy (non-hydrogen) atoms. The SMILES string of the molecule is COc1ccc(C)cc1C(=O)NC1CCC(C)(C)C1. The van der Waals surface area contributed by atoms with Crippen LogP contribution in [0.3, 0.4) is 0 Å². The molecule has 104 valence electrons. The lowest BCUT2D eigenvalue weighted by atomic mass is 9.92. The van der Waals surface area contributed by atoms with E-state index in [1.807, 2.05) is 25.1 Å². The van der Waals surface area contributed by atoms with Crippen LogP contribution in [0.2, 0.25) is 0 Å². The number of carbonyl (C=O) groups is 1. The maximum Gasteiger partial charge on any atom is 0.255 e. The Labute approximate surface area is 115 Å². The van der Waals surface area contributed by atoms with Crippen LogP contribution in [-0.2, 0) is 0 Å². The number of nitrogens with one attached hydrogen (secondary N) is 1. The normalized spacial score (nSPS) is 21.2. The van der Waals surface area contributed by atoms with Crippen LogP contribution >= 0.6 is 0 Å². The summed E-state index contributed by atoms with van der Waals surface area (Å²) in [5, 5.41) is 3.13. The Bertz CT molecular complexity index is 480. The van der Waals surface area contributed by atoms with E-state index in [4.69, 9.17) is 4.74 Å². The number of aryl methyl sites for hydroxylation is 1. The molecule has 0 heterocycles. The lowest BCUT2D eigenvalue weighted by molar-refractivity contribution is 0.0933. The van der Waals surface area contributed by atoms with Crippen molar-refractivity contribution >= 4 is 5.91 Å². The Hall–Kier alpha value is -1.51. The van der Waals surface area contributed by atoms with Crippen LogP contribution in [0.1, 0.15) is 49.0 Å². The molecule has 0 bridgehead atoms. The van der Waals surface area contributed by atoms with E-state index in [1.54, 1.807) is 7.11 Å². The molecule has 1 aromatic rings. The Morgan fingerprint density at radius 2 is 2.16 bits per heavy atom. The van der Waals surface area contributed by atoms with Crippen molar-refractivity contribution in [2.45, 2.75) is 46.1 Å². The highest BCUT2D eigenvalue weighted by Crippen LogP contribution is 2.37. The van der Waals surface area contributed by atoms with Crippen molar-refractivity contribution in [3.63, 3.8) is 0 Å². The smallest absolute Gasteiger partial charge is 0.255 e. The fraction of sp³-hybridized carbons (Fsp3) is 0.562. The Kier molecular flexibility index (Phi) is 3.83. The average Bonchev–Trinajstić information content (AvgIpc) is 2.68. The number of hydrogen-bond donors (Lipinski definition) is 1. The minimum atomic E-state index is -0.0248. The number of amides is 1. The van der Waals surface area contributed by atoms with Gasteiger partial charge in [0.05, 0.1) is 12.7 Å². The van der Waals surface area contributed by atoms with Crippen molar-refractivity contribution in [1.82, 2.24) is 5.32 Å². The minimum Gasteiger partial charge on any atom is -0.496 e. The summed E-state index contributed by atoms with van der Waals surface area (Å²) < 4.78 is 5.27. The van der Waals surface area contributed by atoms with Gasteiger partial charge in [-0.05, 0) is 43.7 Å². The molecule has 2 rings (SSSR count). The van der Waals surface area contributed by atoms with E-state index in [1.165, 1.54) is 6.42 Å². The summed E-state index contributed by atoms with van der Waals surface area (Å²) in [5.41, 5.74) is 2.04. The van der Waals surface area contributed by atoms with Gasteiger partial charge in [-0.1, -0.05) is 25.5 Å². The van der Waals surface area contributed by atoms with Gasteiger partial charge in [0.25, 0.3) is 5.91 Å². The third kappa shape index (κ3) is 3.28. The molecule has 3 heteroatoms. The van der Waals surface area contributed by atoms with Crippen LogP contribution in [0.25, 0.3) is 0 Å². The first kappa shape index (κ1) is 13.9. The quantitative estimate of drug-likeness (QED) is 0.906. The van der Waals surface area contributed by atoms with E-state index in [0.717, 1.165) is 18.4 Å². The Morgan fingerprint density at radius 1 is 1.42 bits per heavy atom. The predicted octanol–water partition coefficient (Wildman–Crippen LogP) is 3.31. The summed E-state index contributed by atoms with van der Waals surface area (Å²) >= 11 is 0. The largest absolute Gasteiger partial charge is 0.496 e. The van der Waals surface area contributed by atoms with E-state index < -0.39 is 0 Å². The zero-order valence-electron chi connectivity index (χ0n) is 12.2. The fourth-order valence-electron chi connectivity index (χ4n) is 2.82. The standard InChI is InChI=1S/C16H23NO2/c1-11-5-6-14(19-4)13(9-11)15(18)17-12-7-8-16(2,3)10-12/h5-6,9,12H,7-8,10H2,1-4H3,(H,17,18). The second-order valence-corrected chi connectivity index (χ2v) is 6.28. The highest BCUT2D eigenvalue weighted by Gasteiger charge is 2.32. The van der Waals surface area contributed by atoms with Crippen molar-refractivity contribution in [2.24, 2.45) is 5.41 Å². The lowest BCUT2D eigenvalue weighted by Gasteiger charge is -2.18. The van der Waals surface area contributed by atoms with Crippen LogP contribution in [0.15, 0.2) is 18.2 Å². The maximum absolute atomic E-state index is 12.4. The molecule has 1 saturated carbocycles. The van der Waals surface area contributed by atoms with E-state index in [2.05, 4.69) is 19.2 Å². The van der Waals surface area contributed by atoms with Gasteiger partial charge < -0.3 is 10.1 Å². The van der Waals surface area contributed by atoms with Gasteiger partial charge in [0.1, 0.15) is 5.75 Å². The molecule has 1 fully saturated rings. The molecule has 1 atom stereocenters.